The highest BCUT2D eigenvalue weighted by molar-refractivity contribution is 7.98. The Kier molecular flexibility index (Phi) is 5.65. The lowest BCUT2D eigenvalue weighted by molar-refractivity contribution is 0.0602. The zero-order valence-corrected chi connectivity index (χ0v) is 13.9. The molecule has 0 aliphatic heterocycles. The van der Waals surface area contributed by atoms with Crippen LogP contribution in [0, 0.1) is 0 Å². The van der Waals surface area contributed by atoms with E-state index in [1.54, 1.807) is 48.2 Å². The number of para-hydroxylation sites is 1. The molecule has 0 radical (unpaired) electrons. The molecule has 2 aromatic rings. The Morgan fingerprint density at radius 2 is 1.78 bits per heavy atom. The third-order valence-corrected chi connectivity index (χ3v) is 3.96. The van der Waals surface area contributed by atoms with Gasteiger partial charge in [0.25, 0.3) is 5.91 Å². The Labute approximate surface area is 139 Å². The van der Waals surface area contributed by atoms with E-state index in [-0.39, 0.29) is 5.91 Å². The second-order valence-corrected chi connectivity index (χ2v) is 5.44. The zero-order valence-electron chi connectivity index (χ0n) is 13.1. The van der Waals surface area contributed by atoms with Gasteiger partial charge in [-0.15, -0.1) is 11.8 Å². The molecule has 0 heterocycles. The van der Waals surface area contributed by atoms with E-state index in [9.17, 15) is 9.59 Å². The van der Waals surface area contributed by atoms with E-state index in [2.05, 4.69) is 5.32 Å². The molecule has 0 fully saturated rings. The molecule has 2 rings (SSSR count). The van der Waals surface area contributed by atoms with Crippen LogP contribution < -0.4 is 10.1 Å². The summed E-state index contributed by atoms with van der Waals surface area (Å²) >= 11 is 1.56. The highest BCUT2D eigenvalue weighted by atomic mass is 32.2. The Hall–Kier alpha value is -2.47. The van der Waals surface area contributed by atoms with E-state index in [1.807, 2.05) is 12.3 Å². The average Bonchev–Trinajstić information content (AvgIpc) is 2.60. The fraction of sp³-hybridized carbons (Fsp3) is 0.176. The van der Waals surface area contributed by atoms with E-state index in [1.165, 1.54) is 14.2 Å². The van der Waals surface area contributed by atoms with Crippen molar-refractivity contribution in [3.05, 3.63) is 53.6 Å². The molecule has 120 valence electrons. The zero-order chi connectivity index (χ0) is 16.8. The fourth-order valence-electron chi connectivity index (χ4n) is 2.06. The number of hydrogen-bond donors (Lipinski definition) is 1. The Bertz CT molecular complexity index is 730. The summed E-state index contributed by atoms with van der Waals surface area (Å²) in [6.07, 6.45) is 1.95. The van der Waals surface area contributed by atoms with Crippen LogP contribution in [-0.4, -0.2) is 32.4 Å². The lowest BCUT2D eigenvalue weighted by Gasteiger charge is -2.12. The minimum Gasteiger partial charge on any atom is -0.496 e. The molecule has 1 N–H and O–H groups in total. The van der Waals surface area contributed by atoms with E-state index < -0.39 is 5.97 Å². The minimum atomic E-state index is -0.509. The van der Waals surface area contributed by atoms with E-state index >= 15 is 0 Å². The molecule has 0 aliphatic rings. The first-order chi connectivity index (χ1) is 11.1. The molecule has 0 spiro atoms. The van der Waals surface area contributed by atoms with Gasteiger partial charge in [-0.05, 0) is 36.6 Å². The van der Waals surface area contributed by atoms with Crippen molar-refractivity contribution in [2.75, 3.05) is 25.8 Å². The number of nitrogens with one attached hydrogen (secondary N) is 1. The normalized spacial score (nSPS) is 10.0. The number of amides is 1. The van der Waals surface area contributed by atoms with Crippen molar-refractivity contribution in [1.82, 2.24) is 0 Å². The number of rotatable bonds is 5. The van der Waals surface area contributed by atoms with E-state index in [0.717, 1.165) is 4.90 Å². The lowest BCUT2D eigenvalue weighted by Crippen LogP contribution is -2.16. The van der Waals surface area contributed by atoms with Gasteiger partial charge < -0.3 is 14.8 Å². The molecular weight excluding hydrogens is 314 g/mol. The van der Waals surface area contributed by atoms with Crippen LogP contribution in [0.2, 0.25) is 0 Å². The number of ether oxygens (including phenoxy) is 2. The molecule has 0 saturated heterocycles. The Morgan fingerprint density at radius 3 is 2.43 bits per heavy atom. The van der Waals surface area contributed by atoms with Gasteiger partial charge in [-0.1, -0.05) is 12.1 Å². The van der Waals surface area contributed by atoms with Crippen molar-refractivity contribution < 1.29 is 19.1 Å². The predicted molar refractivity (Wildman–Crippen MR) is 90.5 cm³/mol. The van der Waals surface area contributed by atoms with Gasteiger partial charge in [0.05, 0.1) is 31.0 Å². The van der Waals surface area contributed by atoms with Gasteiger partial charge in [0.15, 0.2) is 0 Å². The largest absolute Gasteiger partial charge is 0.496 e. The summed E-state index contributed by atoms with van der Waals surface area (Å²) in [6, 6.07) is 12.0. The van der Waals surface area contributed by atoms with E-state index in [0.29, 0.717) is 22.6 Å². The van der Waals surface area contributed by atoms with Crippen LogP contribution in [0.25, 0.3) is 0 Å². The standard InChI is InChI=1S/C17H17NO4S/c1-21-15-10-11(23-3)8-9-13(15)16(19)18-14-7-5-4-6-12(14)17(20)22-2/h4-10H,1-3H3,(H,18,19). The summed E-state index contributed by atoms with van der Waals surface area (Å²) < 4.78 is 10.0. The molecule has 0 aliphatic carbocycles. The first kappa shape index (κ1) is 16.9. The maximum Gasteiger partial charge on any atom is 0.339 e. The number of esters is 1. The second-order valence-electron chi connectivity index (χ2n) is 4.56. The molecule has 0 saturated carbocycles. The molecule has 2 aromatic carbocycles. The minimum absolute atomic E-state index is 0.294. The fourth-order valence-corrected chi connectivity index (χ4v) is 2.48. The number of hydrogen-bond acceptors (Lipinski definition) is 5. The van der Waals surface area contributed by atoms with E-state index in [4.69, 9.17) is 9.47 Å². The Morgan fingerprint density at radius 1 is 1.04 bits per heavy atom. The summed E-state index contributed by atoms with van der Waals surface area (Å²) in [5.41, 5.74) is 1.08. The van der Waals surface area contributed by atoms with Crippen molar-refractivity contribution in [3.8, 4) is 5.75 Å². The van der Waals surface area contributed by atoms with Crippen molar-refractivity contribution in [2.45, 2.75) is 4.90 Å². The highest BCUT2D eigenvalue weighted by Gasteiger charge is 2.17. The number of benzene rings is 2. The van der Waals surface area contributed by atoms with Gasteiger partial charge in [0.1, 0.15) is 5.75 Å². The van der Waals surface area contributed by atoms with Crippen LogP contribution in [0.4, 0.5) is 5.69 Å². The third kappa shape index (κ3) is 3.84. The second kappa shape index (κ2) is 7.69. The van der Waals surface area contributed by atoms with Crippen molar-refractivity contribution in [1.29, 1.82) is 0 Å². The van der Waals surface area contributed by atoms with Gasteiger partial charge >= 0.3 is 5.97 Å². The quantitative estimate of drug-likeness (QED) is 0.671. The van der Waals surface area contributed by atoms with Crippen LogP contribution in [-0.2, 0) is 4.74 Å². The molecule has 0 unspecified atom stereocenters. The molecular formula is C17H17NO4S. The van der Waals surface area contributed by atoms with Gasteiger partial charge in [-0.3, -0.25) is 4.79 Å². The summed E-state index contributed by atoms with van der Waals surface area (Å²) in [5.74, 6) is -0.388. The SMILES string of the molecule is COC(=O)c1ccccc1NC(=O)c1ccc(SC)cc1OC. The number of carbonyl (C=O) groups is 2. The van der Waals surface area contributed by atoms with Gasteiger partial charge in [0, 0.05) is 4.90 Å². The summed E-state index contributed by atoms with van der Waals surface area (Å²) in [4.78, 5) is 25.3. The first-order valence-corrected chi connectivity index (χ1v) is 8.04. The predicted octanol–water partition coefficient (Wildman–Crippen LogP) is 3.46. The first-order valence-electron chi connectivity index (χ1n) is 6.81. The number of methoxy groups -OCH3 is 2. The maximum absolute atomic E-state index is 12.5. The molecule has 0 atom stereocenters. The summed E-state index contributed by atoms with van der Waals surface area (Å²) in [7, 11) is 2.81. The number of anilines is 1. The van der Waals surface area contributed by atoms with Gasteiger partial charge in [0.2, 0.25) is 0 Å². The van der Waals surface area contributed by atoms with Gasteiger partial charge in [-0.2, -0.15) is 0 Å². The van der Waals surface area contributed by atoms with Crippen LogP contribution in [0.5, 0.6) is 5.75 Å². The molecule has 6 heteroatoms. The molecule has 23 heavy (non-hydrogen) atoms. The smallest absolute Gasteiger partial charge is 0.339 e. The highest BCUT2D eigenvalue weighted by Crippen LogP contribution is 2.26. The van der Waals surface area contributed by atoms with Crippen LogP contribution >= 0.6 is 11.8 Å². The maximum atomic E-state index is 12.5. The molecule has 0 bridgehead atoms. The van der Waals surface area contributed by atoms with Crippen LogP contribution in [0.1, 0.15) is 20.7 Å². The van der Waals surface area contributed by atoms with Crippen LogP contribution in [0.15, 0.2) is 47.4 Å². The molecule has 1 amide bonds. The summed E-state index contributed by atoms with van der Waals surface area (Å²) in [5, 5.41) is 2.73. The van der Waals surface area contributed by atoms with Crippen molar-refractivity contribution >= 4 is 29.3 Å². The Balaban J connectivity index is 2.32. The average molecular weight is 331 g/mol. The monoisotopic (exact) mass is 331 g/mol. The lowest BCUT2D eigenvalue weighted by atomic mass is 10.1. The van der Waals surface area contributed by atoms with Gasteiger partial charge in [-0.25, -0.2) is 4.79 Å². The van der Waals surface area contributed by atoms with Crippen LogP contribution in [0.3, 0.4) is 0 Å². The summed E-state index contributed by atoms with van der Waals surface area (Å²) in [6.45, 7) is 0. The van der Waals surface area contributed by atoms with Crippen molar-refractivity contribution in [2.24, 2.45) is 0 Å². The van der Waals surface area contributed by atoms with Crippen molar-refractivity contribution in [3.63, 3.8) is 0 Å². The number of carbonyl (C=O) groups excluding carboxylic acids is 2. The number of thioether (sulfide) groups is 1. The molecule has 0 aromatic heterocycles. The third-order valence-electron chi connectivity index (χ3n) is 3.23. The molecule has 5 nitrogen and oxygen atoms in total. The topological polar surface area (TPSA) is 64.6 Å².